The number of halogens is 1. The Morgan fingerprint density at radius 1 is 1.42 bits per heavy atom. The molecule has 0 spiro atoms. The number of hydrogen-bond donors (Lipinski definition) is 0. The average molecular weight is 395 g/mol. The van der Waals surface area contributed by atoms with Gasteiger partial charge in [-0.3, -0.25) is 4.79 Å². The summed E-state index contributed by atoms with van der Waals surface area (Å²) in [5.41, 5.74) is 0.478. The number of benzene rings is 1. The van der Waals surface area contributed by atoms with Gasteiger partial charge in [0.25, 0.3) is 5.91 Å². The molecule has 24 heavy (non-hydrogen) atoms. The molecule has 0 saturated carbocycles. The Hall–Kier alpha value is -1.74. The molecule has 1 aliphatic heterocycles. The fourth-order valence-electron chi connectivity index (χ4n) is 2.89. The van der Waals surface area contributed by atoms with Crippen molar-refractivity contribution in [1.82, 2.24) is 4.90 Å². The van der Waals surface area contributed by atoms with E-state index in [-0.39, 0.29) is 12.5 Å². The molecule has 2 rings (SSSR count). The highest BCUT2D eigenvalue weighted by Gasteiger charge is 2.23. The minimum Gasteiger partial charge on any atom is -0.490 e. The fraction of sp³-hybridized carbons (Fsp3) is 0.556. The highest BCUT2D eigenvalue weighted by molar-refractivity contribution is 9.10. The molecular formula is C18H23BrN2O3. The third-order valence-corrected chi connectivity index (χ3v) is 4.82. The van der Waals surface area contributed by atoms with Crippen molar-refractivity contribution in [3.8, 4) is 17.6 Å². The second-order valence-electron chi connectivity index (χ2n) is 5.88. The van der Waals surface area contributed by atoms with E-state index in [1.807, 2.05) is 11.8 Å². The number of piperidine rings is 1. The smallest absolute Gasteiger partial charge is 0.260 e. The first-order valence-electron chi connectivity index (χ1n) is 8.36. The standard InChI is InChI=1S/C18H23BrN2O3/c1-3-13-6-5-7-21(11-13)17(22)12-24-18-15(19)8-14(10-20)9-16(18)23-4-2/h8-9,13H,3-7,11-12H2,1-2H3. The van der Waals surface area contributed by atoms with Crippen LogP contribution in [0.2, 0.25) is 0 Å². The molecule has 1 fully saturated rings. The molecule has 1 amide bonds. The van der Waals surface area contributed by atoms with E-state index < -0.39 is 0 Å². The van der Waals surface area contributed by atoms with Crippen LogP contribution >= 0.6 is 15.9 Å². The van der Waals surface area contributed by atoms with Crippen LogP contribution in [0.4, 0.5) is 0 Å². The Morgan fingerprint density at radius 3 is 2.88 bits per heavy atom. The summed E-state index contributed by atoms with van der Waals surface area (Å²) in [7, 11) is 0. The molecule has 0 N–H and O–H groups in total. The van der Waals surface area contributed by atoms with E-state index in [4.69, 9.17) is 14.7 Å². The summed E-state index contributed by atoms with van der Waals surface area (Å²) >= 11 is 3.39. The highest BCUT2D eigenvalue weighted by atomic mass is 79.9. The molecule has 0 bridgehead atoms. The summed E-state index contributed by atoms with van der Waals surface area (Å²) in [5, 5.41) is 9.05. The number of rotatable bonds is 6. The van der Waals surface area contributed by atoms with Crippen molar-refractivity contribution in [2.75, 3.05) is 26.3 Å². The van der Waals surface area contributed by atoms with Gasteiger partial charge in [-0.15, -0.1) is 0 Å². The average Bonchev–Trinajstić information content (AvgIpc) is 2.60. The summed E-state index contributed by atoms with van der Waals surface area (Å²) in [6.45, 7) is 6.06. The Kier molecular flexibility index (Phi) is 6.92. The molecule has 1 aliphatic rings. The summed E-state index contributed by atoms with van der Waals surface area (Å²) < 4.78 is 11.9. The lowest BCUT2D eigenvalue weighted by atomic mass is 9.96. The van der Waals surface area contributed by atoms with Gasteiger partial charge in [-0.1, -0.05) is 13.3 Å². The number of carbonyl (C=O) groups excluding carboxylic acids is 1. The van der Waals surface area contributed by atoms with Crippen LogP contribution in [0.15, 0.2) is 16.6 Å². The zero-order valence-corrected chi connectivity index (χ0v) is 15.8. The summed E-state index contributed by atoms with van der Waals surface area (Å²) in [6.07, 6.45) is 3.34. The SMILES string of the molecule is CCOc1cc(C#N)cc(Br)c1OCC(=O)N1CCCC(CC)C1. The molecular weight excluding hydrogens is 372 g/mol. The molecule has 5 nitrogen and oxygen atoms in total. The Labute approximate surface area is 151 Å². The Morgan fingerprint density at radius 2 is 2.21 bits per heavy atom. The third kappa shape index (κ3) is 4.64. The molecule has 0 aromatic heterocycles. The van der Waals surface area contributed by atoms with Gasteiger partial charge >= 0.3 is 0 Å². The monoisotopic (exact) mass is 394 g/mol. The predicted molar refractivity (Wildman–Crippen MR) is 95.1 cm³/mol. The van der Waals surface area contributed by atoms with E-state index in [0.29, 0.717) is 34.1 Å². The lowest BCUT2D eigenvalue weighted by Crippen LogP contribution is -2.42. The number of hydrogen-bond acceptors (Lipinski definition) is 4. The number of carbonyl (C=O) groups is 1. The maximum atomic E-state index is 12.4. The second-order valence-corrected chi connectivity index (χ2v) is 6.73. The number of likely N-dealkylation sites (tertiary alicyclic amines) is 1. The van der Waals surface area contributed by atoms with Crippen molar-refractivity contribution in [2.45, 2.75) is 33.1 Å². The molecule has 6 heteroatoms. The van der Waals surface area contributed by atoms with Crippen molar-refractivity contribution in [3.63, 3.8) is 0 Å². The van der Waals surface area contributed by atoms with E-state index in [2.05, 4.69) is 28.9 Å². The quantitative estimate of drug-likeness (QED) is 0.736. The van der Waals surface area contributed by atoms with Crippen molar-refractivity contribution < 1.29 is 14.3 Å². The van der Waals surface area contributed by atoms with Crippen LogP contribution in [0, 0.1) is 17.2 Å². The van der Waals surface area contributed by atoms with Crippen molar-refractivity contribution in [1.29, 1.82) is 5.26 Å². The zero-order valence-electron chi connectivity index (χ0n) is 14.2. The summed E-state index contributed by atoms with van der Waals surface area (Å²) in [6, 6.07) is 5.37. The van der Waals surface area contributed by atoms with Gasteiger partial charge in [0.05, 0.1) is 22.7 Å². The minimum atomic E-state index is -0.0268. The normalized spacial score (nSPS) is 17.2. The largest absolute Gasteiger partial charge is 0.490 e. The maximum Gasteiger partial charge on any atom is 0.260 e. The van der Waals surface area contributed by atoms with Gasteiger partial charge in [0.15, 0.2) is 18.1 Å². The van der Waals surface area contributed by atoms with Crippen LogP contribution in [-0.2, 0) is 4.79 Å². The molecule has 1 atom stereocenters. The van der Waals surface area contributed by atoms with Gasteiger partial charge in [0.2, 0.25) is 0 Å². The number of amides is 1. The van der Waals surface area contributed by atoms with Crippen molar-refractivity contribution in [3.05, 3.63) is 22.2 Å². The van der Waals surface area contributed by atoms with Gasteiger partial charge in [-0.05, 0) is 47.7 Å². The van der Waals surface area contributed by atoms with E-state index in [9.17, 15) is 4.79 Å². The predicted octanol–water partition coefficient (Wildman–Crippen LogP) is 3.75. The summed E-state index contributed by atoms with van der Waals surface area (Å²) in [5.74, 6) is 1.52. The molecule has 1 heterocycles. The third-order valence-electron chi connectivity index (χ3n) is 4.23. The molecule has 1 unspecified atom stereocenters. The van der Waals surface area contributed by atoms with Crippen molar-refractivity contribution in [2.24, 2.45) is 5.92 Å². The zero-order chi connectivity index (χ0) is 17.5. The molecule has 0 radical (unpaired) electrons. The highest BCUT2D eigenvalue weighted by Crippen LogP contribution is 2.36. The van der Waals surface area contributed by atoms with Crippen LogP contribution in [0.5, 0.6) is 11.5 Å². The number of nitriles is 1. The number of nitrogens with zero attached hydrogens (tertiary/aromatic N) is 2. The molecule has 0 aliphatic carbocycles. The van der Waals surface area contributed by atoms with Gasteiger partial charge in [-0.25, -0.2) is 0 Å². The van der Waals surface area contributed by atoms with Crippen LogP contribution in [0.1, 0.15) is 38.7 Å². The van der Waals surface area contributed by atoms with E-state index in [1.165, 1.54) is 6.42 Å². The molecule has 1 aromatic carbocycles. The first-order valence-corrected chi connectivity index (χ1v) is 9.15. The van der Waals surface area contributed by atoms with Crippen LogP contribution in [-0.4, -0.2) is 37.1 Å². The number of ether oxygens (including phenoxy) is 2. The maximum absolute atomic E-state index is 12.4. The fourth-order valence-corrected chi connectivity index (χ4v) is 3.44. The Bertz CT molecular complexity index is 627. The van der Waals surface area contributed by atoms with E-state index >= 15 is 0 Å². The van der Waals surface area contributed by atoms with Gasteiger partial charge in [0.1, 0.15) is 0 Å². The van der Waals surface area contributed by atoms with Gasteiger partial charge < -0.3 is 14.4 Å². The van der Waals surface area contributed by atoms with Gasteiger partial charge in [0, 0.05) is 19.2 Å². The van der Waals surface area contributed by atoms with E-state index in [0.717, 1.165) is 25.9 Å². The van der Waals surface area contributed by atoms with Gasteiger partial charge in [-0.2, -0.15) is 5.26 Å². The Balaban J connectivity index is 2.05. The first-order chi connectivity index (χ1) is 11.6. The van der Waals surface area contributed by atoms with E-state index in [1.54, 1.807) is 12.1 Å². The molecule has 1 aromatic rings. The van der Waals surface area contributed by atoms with Crippen LogP contribution in [0.3, 0.4) is 0 Å². The topological polar surface area (TPSA) is 62.6 Å². The second kappa shape index (κ2) is 8.93. The first kappa shape index (κ1) is 18.6. The van der Waals surface area contributed by atoms with Crippen LogP contribution in [0.25, 0.3) is 0 Å². The minimum absolute atomic E-state index is 0.00754. The molecule has 1 saturated heterocycles. The lowest BCUT2D eigenvalue weighted by molar-refractivity contribution is -0.135. The molecule has 130 valence electrons. The summed E-state index contributed by atoms with van der Waals surface area (Å²) in [4.78, 5) is 14.3. The lowest BCUT2D eigenvalue weighted by Gasteiger charge is -2.32. The van der Waals surface area contributed by atoms with Crippen LogP contribution < -0.4 is 9.47 Å². The van der Waals surface area contributed by atoms with Crippen molar-refractivity contribution >= 4 is 21.8 Å².